The predicted molar refractivity (Wildman–Crippen MR) is 92.9 cm³/mol. The molecule has 126 valence electrons. The van der Waals surface area contributed by atoms with Gasteiger partial charge in [-0.1, -0.05) is 30.3 Å². The predicted octanol–water partition coefficient (Wildman–Crippen LogP) is 2.85. The molecule has 2 atom stereocenters. The Bertz CT molecular complexity index is 695. The average molecular weight is 325 g/mol. The third kappa shape index (κ3) is 3.60. The highest BCUT2D eigenvalue weighted by atomic mass is 16.3. The largest absolute Gasteiger partial charge is 0.508 e. The van der Waals surface area contributed by atoms with Gasteiger partial charge in [-0.25, -0.2) is 0 Å². The fourth-order valence-electron chi connectivity index (χ4n) is 3.27. The van der Waals surface area contributed by atoms with Crippen LogP contribution in [0, 0.1) is 5.92 Å². The van der Waals surface area contributed by atoms with E-state index in [0.717, 1.165) is 6.42 Å². The number of rotatable bonds is 3. The van der Waals surface area contributed by atoms with Crippen molar-refractivity contribution in [2.24, 2.45) is 5.92 Å². The number of piperidine rings is 1. The summed E-state index contributed by atoms with van der Waals surface area (Å²) in [5.74, 6) is 0.0911. The summed E-state index contributed by atoms with van der Waals surface area (Å²) in [5, 5.41) is 20.1. The lowest BCUT2D eigenvalue weighted by Crippen LogP contribution is -2.52. The third-order valence-electron chi connectivity index (χ3n) is 4.93. The van der Waals surface area contributed by atoms with Crippen molar-refractivity contribution >= 4 is 5.91 Å². The first-order chi connectivity index (χ1) is 11.5. The van der Waals surface area contributed by atoms with Gasteiger partial charge in [-0.05, 0) is 49.6 Å². The molecule has 0 aliphatic carbocycles. The molecule has 2 aromatic carbocycles. The molecule has 1 fully saturated rings. The summed E-state index contributed by atoms with van der Waals surface area (Å²) in [6.07, 6.45) is 1.31. The number of hydrogen-bond donors (Lipinski definition) is 2. The van der Waals surface area contributed by atoms with E-state index < -0.39 is 5.60 Å². The van der Waals surface area contributed by atoms with Crippen LogP contribution in [-0.4, -0.2) is 39.7 Å². The number of phenols is 1. The zero-order chi connectivity index (χ0) is 17.2. The number of aromatic hydroxyl groups is 1. The molecular weight excluding hydrogens is 302 g/mol. The molecule has 2 N–H and O–H groups in total. The molecule has 0 radical (unpaired) electrons. The number of aliphatic hydroxyl groups is 1. The molecule has 24 heavy (non-hydrogen) atoms. The SMILES string of the molecule is C[C@@]1(O)CCN(C(=O)c2ccc(O)cc2)C[C@@H]1Cc1ccccc1. The second-order valence-electron chi connectivity index (χ2n) is 6.79. The Balaban J connectivity index is 1.75. The lowest BCUT2D eigenvalue weighted by molar-refractivity contribution is -0.0507. The Labute approximate surface area is 142 Å². The lowest BCUT2D eigenvalue weighted by Gasteiger charge is -2.43. The van der Waals surface area contributed by atoms with Gasteiger partial charge in [-0.3, -0.25) is 4.79 Å². The van der Waals surface area contributed by atoms with E-state index in [9.17, 15) is 15.0 Å². The van der Waals surface area contributed by atoms with Gasteiger partial charge in [-0.15, -0.1) is 0 Å². The first-order valence-corrected chi connectivity index (χ1v) is 8.30. The molecule has 0 unspecified atom stereocenters. The quantitative estimate of drug-likeness (QED) is 0.912. The van der Waals surface area contributed by atoms with E-state index in [0.29, 0.717) is 25.1 Å². The average Bonchev–Trinajstić information content (AvgIpc) is 2.58. The number of hydrogen-bond acceptors (Lipinski definition) is 3. The maximum atomic E-state index is 12.7. The first-order valence-electron chi connectivity index (χ1n) is 8.30. The van der Waals surface area contributed by atoms with Crippen molar-refractivity contribution in [2.75, 3.05) is 13.1 Å². The second kappa shape index (κ2) is 6.65. The molecule has 4 heteroatoms. The Kier molecular flexibility index (Phi) is 4.58. The molecule has 4 nitrogen and oxygen atoms in total. The minimum atomic E-state index is -0.776. The zero-order valence-electron chi connectivity index (χ0n) is 13.9. The van der Waals surface area contributed by atoms with Crippen LogP contribution >= 0.6 is 0 Å². The topological polar surface area (TPSA) is 60.8 Å². The van der Waals surface area contributed by atoms with Crippen LogP contribution in [0.15, 0.2) is 54.6 Å². The van der Waals surface area contributed by atoms with E-state index in [2.05, 4.69) is 12.1 Å². The smallest absolute Gasteiger partial charge is 0.253 e. The number of carbonyl (C=O) groups excluding carboxylic acids is 1. The highest BCUT2D eigenvalue weighted by Gasteiger charge is 2.39. The van der Waals surface area contributed by atoms with Crippen LogP contribution in [0.25, 0.3) is 0 Å². The maximum absolute atomic E-state index is 12.7. The normalized spacial score (nSPS) is 23.9. The van der Waals surface area contributed by atoms with Gasteiger partial charge in [0.15, 0.2) is 0 Å². The molecule has 0 aromatic heterocycles. The summed E-state index contributed by atoms with van der Waals surface area (Å²) in [6.45, 7) is 2.93. The highest BCUT2D eigenvalue weighted by Crippen LogP contribution is 2.31. The Hall–Kier alpha value is -2.33. The summed E-state index contributed by atoms with van der Waals surface area (Å²) in [6, 6.07) is 16.4. The lowest BCUT2D eigenvalue weighted by atomic mass is 9.78. The first kappa shape index (κ1) is 16.5. The number of phenolic OH excluding ortho intramolecular Hbond substituents is 1. The van der Waals surface area contributed by atoms with Crippen LogP contribution < -0.4 is 0 Å². The van der Waals surface area contributed by atoms with Crippen molar-refractivity contribution in [1.29, 1.82) is 0 Å². The van der Waals surface area contributed by atoms with Crippen LogP contribution in [0.1, 0.15) is 29.3 Å². The Morgan fingerprint density at radius 2 is 1.83 bits per heavy atom. The molecule has 1 heterocycles. The molecule has 0 spiro atoms. The van der Waals surface area contributed by atoms with Crippen molar-refractivity contribution in [3.05, 3.63) is 65.7 Å². The van der Waals surface area contributed by atoms with Gasteiger partial charge in [-0.2, -0.15) is 0 Å². The van der Waals surface area contributed by atoms with Crippen LogP contribution in [-0.2, 0) is 6.42 Å². The van der Waals surface area contributed by atoms with E-state index in [1.54, 1.807) is 17.0 Å². The van der Waals surface area contributed by atoms with E-state index in [1.807, 2.05) is 25.1 Å². The number of amides is 1. The van der Waals surface area contributed by atoms with Gasteiger partial charge >= 0.3 is 0 Å². The molecule has 3 rings (SSSR count). The van der Waals surface area contributed by atoms with Gasteiger partial charge in [0.25, 0.3) is 5.91 Å². The van der Waals surface area contributed by atoms with Crippen molar-refractivity contribution in [2.45, 2.75) is 25.4 Å². The summed E-state index contributed by atoms with van der Waals surface area (Å²) < 4.78 is 0. The van der Waals surface area contributed by atoms with E-state index in [1.165, 1.54) is 17.7 Å². The van der Waals surface area contributed by atoms with E-state index in [4.69, 9.17) is 0 Å². The Morgan fingerprint density at radius 3 is 2.50 bits per heavy atom. The summed E-state index contributed by atoms with van der Waals surface area (Å²) in [4.78, 5) is 14.5. The number of carbonyl (C=O) groups is 1. The zero-order valence-corrected chi connectivity index (χ0v) is 13.9. The van der Waals surface area contributed by atoms with Crippen molar-refractivity contribution in [1.82, 2.24) is 4.90 Å². The minimum absolute atomic E-state index is 0.00489. The standard InChI is InChI=1S/C20H23NO3/c1-20(24)11-12-21(19(23)16-7-9-18(22)10-8-16)14-17(20)13-15-5-3-2-4-6-15/h2-10,17,22,24H,11-14H2,1H3/t17-,20+/m0/s1. The molecule has 1 amide bonds. The van der Waals surface area contributed by atoms with Gasteiger partial charge in [0.05, 0.1) is 5.60 Å². The molecule has 0 bridgehead atoms. The third-order valence-corrected chi connectivity index (χ3v) is 4.93. The molecule has 0 saturated carbocycles. The van der Waals surface area contributed by atoms with Crippen LogP contribution in [0.2, 0.25) is 0 Å². The Morgan fingerprint density at radius 1 is 1.17 bits per heavy atom. The van der Waals surface area contributed by atoms with Crippen molar-refractivity contribution < 1.29 is 15.0 Å². The van der Waals surface area contributed by atoms with Crippen LogP contribution in [0.4, 0.5) is 0 Å². The van der Waals surface area contributed by atoms with Gasteiger partial charge in [0.1, 0.15) is 5.75 Å². The van der Waals surface area contributed by atoms with Crippen LogP contribution in [0.3, 0.4) is 0 Å². The summed E-state index contributed by atoms with van der Waals surface area (Å²) >= 11 is 0. The fraction of sp³-hybridized carbons (Fsp3) is 0.350. The second-order valence-corrected chi connectivity index (χ2v) is 6.79. The summed E-state index contributed by atoms with van der Waals surface area (Å²) in [5.41, 5.74) is 0.955. The number of nitrogens with zero attached hydrogens (tertiary/aromatic N) is 1. The van der Waals surface area contributed by atoms with Gasteiger partial charge < -0.3 is 15.1 Å². The van der Waals surface area contributed by atoms with Crippen LogP contribution in [0.5, 0.6) is 5.75 Å². The summed E-state index contributed by atoms with van der Waals surface area (Å²) in [7, 11) is 0. The molecular formula is C20H23NO3. The fourth-order valence-corrected chi connectivity index (χ4v) is 3.27. The van der Waals surface area contributed by atoms with Crippen molar-refractivity contribution in [3.63, 3.8) is 0 Å². The maximum Gasteiger partial charge on any atom is 0.253 e. The molecule has 1 aliphatic heterocycles. The number of benzene rings is 2. The van der Waals surface area contributed by atoms with Crippen molar-refractivity contribution in [3.8, 4) is 5.75 Å². The number of likely N-dealkylation sites (tertiary alicyclic amines) is 1. The van der Waals surface area contributed by atoms with E-state index >= 15 is 0 Å². The molecule has 1 aliphatic rings. The molecule has 2 aromatic rings. The van der Waals surface area contributed by atoms with Gasteiger partial charge in [0.2, 0.25) is 0 Å². The monoisotopic (exact) mass is 325 g/mol. The highest BCUT2D eigenvalue weighted by molar-refractivity contribution is 5.94. The van der Waals surface area contributed by atoms with E-state index in [-0.39, 0.29) is 17.6 Å². The van der Waals surface area contributed by atoms with Gasteiger partial charge in [0, 0.05) is 24.6 Å². The molecule has 1 saturated heterocycles. The minimum Gasteiger partial charge on any atom is -0.508 e.